The lowest BCUT2D eigenvalue weighted by Gasteiger charge is -2.28. The van der Waals surface area contributed by atoms with Gasteiger partial charge in [-0.1, -0.05) is 11.6 Å². The summed E-state index contributed by atoms with van der Waals surface area (Å²) in [5.74, 6) is -0.913. The average Bonchev–Trinajstić information content (AvgIpc) is 2.41. The lowest BCUT2D eigenvalue weighted by Crippen LogP contribution is -2.29. The number of benzene rings is 1. The van der Waals surface area contributed by atoms with Gasteiger partial charge in [0.15, 0.2) is 0 Å². The first kappa shape index (κ1) is 13.7. The molecular formula is C14H15ClN2O2. The molecule has 0 unspecified atom stereocenters. The maximum atomic E-state index is 10.9. The van der Waals surface area contributed by atoms with Crippen LogP contribution >= 0.6 is 11.6 Å². The third-order valence-electron chi connectivity index (χ3n) is 3.53. The number of rotatable bonds is 3. The minimum absolute atomic E-state index is 0.213. The Morgan fingerprint density at radius 2 is 2.05 bits per heavy atom. The van der Waals surface area contributed by atoms with Crippen LogP contribution in [0.3, 0.4) is 0 Å². The second-order valence-electron chi connectivity index (χ2n) is 4.84. The molecule has 0 radical (unpaired) electrons. The molecule has 0 atom stereocenters. The smallest absolute Gasteiger partial charge is 0.306 e. The van der Waals surface area contributed by atoms with Gasteiger partial charge in [0, 0.05) is 6.04 Å². The van der Waals surface area contributed by atoms with E-state index in [0.29, 0.717) is 23.4 Å². The van der Waals surface area contributed by atoms with Crippen LogP contribution < -0.4 is 5.32 Å². The summed E-state index contributed by atoms with van der Waals surface area (Å²) in [5.41, 5.74) is 1.34. The summed E-state index contributed by atoms with van der Waals surface area (Å²) in [7, 11) is 0. The molecule has 0 aromatic heterocycles. The lowest BCUT2D eigenvalue weighted by molar-refractivity contribution is -0.142. The molecule has 2 rings (SSSR count). The molecule has 0 heterocycles. The van der Waals surface area contributed by atoms with Crippen molar-refractivity contribution in [2.45, 2.75) is 31.7 Å². The normalized spacial score (nSPS) is 22.5. The van der Waals surface area contributed by atoms with Crippen molar-refractivity contribution < 1.29 is 9.90 Å². The SMILES string of the molecule is N#Cc1ccc(NC2CCC(C(=O)O)CC2)c(Cl)c1. The highest BCUT2D eigenvalue weighted by atomic mass is 35.5. The van der Waals surface area contributed by atoms with Gasteiger partial charge in [-0.15, -0.1) is 0 Å². The topological polar surface area (TPSA) is 73.1 Å². The molecule has 0 spiro atoms. The number of carbonyl (C=O) groups is 1. The molecule has 0 saturated heterocycles. The minimum Gasteiger partial charge on any atom is -0.481 e. The second-order valence-corrected chi connectivity index (χ2v) is 5.24. The molecule has 1 aliphatic rings. The van der Waals surface area contributed by atoms with Crippen LogP contribution in [0.1, 0.15) is 31.2 Å². The molecule has 0 aliphatic heterocycles. The number of nitriles is 1. The van der Waals surface area contributed by atoms with Crippen molar-refractivity contribution in [1.29, 1.82) is 5.26 Å². The molecule has 2 N–H and O–H groups in total. The Hall–Kier alpha value is -1.73. The summed E-state index contributed by atoms with van der Waals surface area (Å²) in [6, 6.07) is 7.44. The zero-order valence-corrected chi connectivity index (χ0v) is 11.2. The number of nitrogens with one attached hydrogen (secondary N) is 1. The monoisotopic (exact) mass is 278 g/mol. The third kappa shape index (κ3) is 3.39. The Kier molecular flexibility index (Phi) is 4.28. The zero-order valence-electron chi connectivity index (χ0n) is 10.4. The van der Waals surface area contributed by atoms with Crippen molar-refractivity contribution in [2.75, 3.05) is 5.32 Å². The van der Waals surface area contributed by atoms with Crippen LogP contribution in [0.25, 0.3) is 0 Å². The summed E-state index contributed by atoms with van der Waals surface area (Å²) in [6.07, 6.45) is 3.04. The summed E-state index contributed by atoms with van der Waals surface area (Å²) in [5, 5.41) is 21.6. The van der Waals surface area contributed by atoms with E-state index in [1.54, 1.807) is 18.2 Å². The summed E-state index contributed by atoms with van der Waals surface area (Å²) in [6.45, 7) is 0. The highest BCUT2D eigenvalue weighted by Crippen LogP contribution is 2.29. The molecule has 5 heteroatoms. The third-order valence-corrected chi connectivity index (χ3v) is 3.85. The highest BCUT2D eigenvalue weighted by Gasteiger charge is 2.25. The van der Waals surface area contributed by atoms with Gasteiger partial charge in [0.1, 0.15) is 0 Å². The van der Waals surface area contributed by atoms with E-state index in [4.69, 9.17) is 22.0 Å². The van der Waals surface area contributed by atoms with E-state index < -0.39 is 5.97 Å². The number of carboxylic acids is 1. The predicted octanol–water partition coefficient (Wildman–Crippen LogP) is 3.27. The van der Waals surface area contributed by atoms with Crippen LogP contribution in [0, 0.1) is 17.2 Å². The lowest BCUT2D eigenvalue weighted by atomic mass is 9.86. The molecule has 1 aliphatic carbocycles. The maximum Gasteiger partial charge on any atom is 0.306 e. The molecule has 1 fully saturated rings. The van der Waals surface area contributed by atoms with Crippen LogP contribution in [0.15, 0.2) is 18.2 Å². The Morgan fingerprint density at radius 1 is 1.37 bits per heavy atom. The van der Waals surface area contributed by atoms with E-state index in [-0.39, 0.29) is 12.0 Å². The molecule has 0 bridgehead atoms. The highest BCUT2D eigenvalue weighted by molar-refractivity contribution is 6.33. The van der Waals surface area contributed by atoms with Crippen molar-refractivity contribution in [3.05, 3.63) is 28.8 Å². The van der Waals surface area contributed by atoms with Crippen LogP contribution in [0.2, 0.25) is 5.02 Å². The number of aliphatic carboxylic acids is 1. The standard InChI is InChI=1S/C14H15ClN2O2/c15-12-7-9(8-16)1-6-13(12)17-11-4-2-10(3-5-11)14(18)19/h1,6-7,10-11,17H,2-5H2,(H,18,19). The minimum atomic E-state index is -0.699. The fraction of sp³-hybridized carbons (Fsp3) is 0.429. The van der Waals surface area contributed by atoms with E-state index in [0.717, 1.165) is 18.5 Å². The van der Waals surface area contributed by atoms with Gasteiger partial charge >= 0.3 is 5.97 Å². The molecule has 0 amide bonds. The van der Waals surface area contributed by atoms with E-state index in [9.17, 15) is 4.79 Å². The van der Waals surface area contributed by atoms with Gasteiger partial charge in [-0.3, -0.25) is 4.79 Å². The maximum absolute atomic E-state index is 10.9. The van der Waals surface area contributed by atoms with Crippen LogP contribution in [-0.4, -0.2) is 17.1 Å². The van der Waals surface area contributed by atoms with Gasteiger partial charge < -0.3 is 10.4 Å². The number of hydrogen-bond acceptors (Lipinski definition) is 3. The number of carboxylic acid groups (broad SMARTS) is 1. The molecule has 19 heavy (non-hydrogen) atoms. The first-order valence-corrected chi connectivity index (χ1v) is 6.67. The van der Waals surface area contributed by atoms with Crippen LogP contribution in [-0.2, 0) is 4.79 Å². The van der Waals surface area contributed by atoms with Crippen molar-refractivity contribution >= 4 is 23.3 Å². The molecular weight excluding hydrogens is 264 g/mol. The second kappa shape index (κ2) is 5.94. The van der Waals surface area contributed by atoms with Gasteiger partial charge in [0.05, 0.1) is 28.3 Å². The summed E-state index contributed by atoms with van der Waals surface area (Å²) in [4.78, 5) is 10.9. The predicted molar refractivity (Wildman–Crippen MR) is 73.2 cm³/mol. The Morgan fingerprint density at radius 3 is 2.58 bits per heavy atom. The van der Waals surface area contributed by atoms with E-state index >= 15 is 0 Å². The zero-order chi connectivity index (χ0) is 13.8. The van der Waals surface area contributed by atoms with Crippen LogP contribution in [0.5, 0.6) is 0 Å². The van der Waals surface area contributed by atoms with Crippen molar-refractivity contribution in [3.63, 3.8) is 0 Å². The van der Waals surface area contributed by atoms with Gasteiger partial charge in [-0.2, -0.15) is 5.26 Å². The van der Waals surface area contributed by atoms with Crippen molar-refractivity contribution in [3.8, 4) is 6.07 Å². The van der Waals surface area contributed by atoms with E-state index in [1.807, 2.05) is 6.07 Å². The van der Waals surface area contributed by atoms with Crippen molar-refractivity contribution in [1.82, 2.24) is 0 Å². The van der Waals surface area contributed by atoms with E-state index in [2.05, 4.69) is 5.32 Å². The Balaban J connectivity index is 1.96. The first-order chi connectivity index (χ1) is 9.10. The molecule has 4 nitrogen and oxygen atoms in total. The van der Waals surface area contributed by atoms with Crippen LogP contribution in [0.4, 0.5) is 5.69 Å². The van der Waals surface area contributed by atoms with Crippen molar-refractivity contribution in [2.24, 2.45) is 5.92 Å². The number of hydrogen-bond donors (Lipinski definition) is 2. The fourth-order valence-corrected chi connectivity index (χ4v) is 2.64. The fourth-order valence-electron chi connectivity index (χ4n) is 2.41. The molecule has 1 aromatic carbocycles. The van der Waals surface area contributed by atoms with Gasteiger partial charge in [0.25, 0.3) is 0 Å². The Labute approximate surface area is 117 Å². The average molecular weight is 279 g/mol. The summed E-state index contributed by atoms with van der Waals surface area (Å²) < 4.78 is 0. The molecule has 100 valence electrons. The number of halogens is 1. The van der Waals surface area contributed by atoms with Gasteiger partial charge in [0.2, 0.25) is 0 Å². The molecule has 1 saturated carbocycles. The quantitative estimate of drug-likeness (QED) is 0.890. The number of anilines is 1. The Bertz CT molecular complexity index is 517. The largest absolute Gasteiger partial charge is 0.481 e. The number of nitrogens with zero attached hydrogens (tertiary/aromatic N) is 1. The molecule has 1 aromatic rings. The van der Waals surface area contributed by atoms with Gasteiger partial charge in [-0.05, 0) is 43.9 Å². The van der Waals surface area contributed by atoms with Gasteiger partial charge in [-0.25, -0.2) is 0 Å². The summed E-state index contributed by atoms with van der Waals surface area (Å²) >= 11 is 6.10. The first-order valence-electron chi connectivity index (χ1n) is 6.29. The van der Waals surface area contributed by atoms with E-state index in [1.165, 1.54) is 0 Å².